The zero-order valence-electron chi connectivity index (χ0n) is 9.65. The Kier molecular flexibility index (Phi) is 2.79. The molecule has 3 heteroatoms. The van der Waals surface area contributed by atoms with Crippen LogP contribution in [0.5, 0.6) is 0 Å². The van der Waals surface area contributed by atoms with Crippen molar-refractivity contribution in [2.24, 2.45) is 0 Å². The standard InChI is InChI=1S/C13H19N3/c1-2-9-16(8-1)13-12(4-3-6-15-13)11-5-7-14-10-11/h3-4,6,11,14H,1-2,5,7-10H2. The van der Waals surface area contributed by atoms with Gasteiger partial charge in [-0.3, -0.25) is 0 Å². The third-order valence-electron chi connectivity index (χ3n) is 3.72. The number of rotatable bonds is 2. The van der Waals surface area contributed by atoms with Gasteiger partial charge in [0.25, 0.3) is 0 Å². The molecule has 86 valence electrons. The molecule has 0 aromatic carbocycles. The Bertz CT molecular complexity index is 317. The van der Waals surface area contributed by atoms with E-state index in [1.54, 1.807) is 0 Å². The summed E-state index contributed by atoms with van der Waals surface area (Å²) in [4.78, 5) is 7.06. The molecule has 2 saturated heterocycles. The molecule has 0 saturated carbocycles. The van der Waals surface area contributed by atoms with E-state index < -0.39 is 0 Å². The van der Waals surface area contributed by atoms with Gasteiger partial charge in [-0.25, -0.2) is 4.98 Å². The Hall–Kier alpha value is -1.09. The summed E-state index contributed by atoms with van der Waals surface area (Å²) in [7, 11) is 0. The summed E-state index contributed by atoms with van der Waals surface area (Å²) in [5.41, 5.74) is 1.45. The van der Waals surface area contributed by atoms with Crippen LogP contribution in [-0.2, 0) is 0 Å². The van der Waals surface area contributed by atoms with Crippen LogP contribution in [0.2, 0.25) is 0 Å². The first-order valence-corrected chi connectivity index (χ1v) is 6.36. The highest BCUT2D eigenvalue weighted by atomic mass is 15.2. The number of nitrogens with zero attached hydrogens (tertiary/aromatic N) is 2. The van der Waals surface area contributed by atoms with Gasteiger partial charge in [0.05, 0.1) is 0 Å². The third-order valence-corrected chi connectivity index (χ3v) is 3.72. The third kappa shape index (κ3) is 1.80. The van der Waals surface area contributed by atoms with E-state index in [0.29, 0.717) is 5.92 Å². The van der Waals surface area contributed by atoms with Gasteiger partial charge in [-0.2, -0.15) is 0 Å². The van der Waals surface area contributed by atoms with E-state index in [2.05, 4.69) is 27.3 Å². The van der Waals surface area contributed by atoms with E-state index >= 15 is 0 Å². The zero-order valence-corrected chi connectivity index (χ0v) is 9.65. The summed E-state index contributed by atoms with van der Waals surface area (Å²) in [6, 6.07) is 4.34. The van der Waals surface area contributed by atoms with Crippen LogP contribution in [0.3, 0.4) is 0 Å². The summed E-state index contributed by atoms with van der Waals surface area (Å²) in [5, 5.41) is 3.44. The molecule has 1 aromatic rings. The fourth-order valence-corrected chi connectivity index (χ4v) is 2.84. The first kappa shape index (κ1) is 10.1. The van der Waals surface area contributed by atoms with Crippen molar-refractivity contribution in [3.05, 3.63) is 23.9 Å². The molecule has 1 aromatic heterocycles. The average Bonchev–Trinajstić information content (AvgIpc) is 3.03. The number of anilines is 1. The van der Waals surface area contributed by atoms with Crippen LogP contribution in [0, 0.1) is 0 Å². The van der Waals surface area contributed by atoms with Crippen LogP contribution in [0.1, 0.15) is 30.7 Å². The highest BCUT2D eigenvalue weighted by Gasteiger charge is 2.23. The van der Waals surface area contributed by atoms with E-state index in [9.17, 15) is 0 Å². The van der Waals surface area contributed by atoms with Crippen molar-refractivity contribution < 1.29 is 0 Å². The van der Waals surface area contributed by atoms with Gasteiger partial charge in [0.15, 0.2) is 0 Å². The minimum Gasteiger partial charge on any atom is -0.356 e. The van der Waals surface area contributed by atoms with Crippen molar-refractivity contribution in [2.45, 2.75) is 25.2 Å². The molecular formula is C13H19N3. The summed E-state index contributed by atoms with van der Waals surface area (Å²) in [6.07, 6.45) is 5.82. The summed E-state index contributed by atoms with van der Waals surface area (Å²) in [5.74, 6) is 1.91. The quantitative estimate of drug-likeness (QED) is 0.818. The predicted octanol–water partition coefficient (Wildman–Crippen LogP) is 1.76. The van der Waals surface area contributed by atoms with Gasteiger partial charge >= 0.3 is 0 Å². The average molecular weight is 217 g/mol. The Labute approximate surface area is 96.9 Å². The number of hydrogen-bond acceptors (Lipinski definition) is 3. The summed E-state index contributed by atoms with van der Waals surface area (Å²) >= 11 is 0. The van der Waals surface area contributed by atoms with E-state index in [4.69, 9.17) is 0 Å². The second-order valence-corrected chi connectivity index (χ2v) is 4.80. The molecule has 0 bridgehead atoms. The maximum atomic E-state index is 4.60. The van der Waals surface area contributed by atoms with Crippen molar-refractivity contribution in [2.75, 3.05) is 31.1 Å². The second kappa shape index (κ2) is 4.42. The largest absolute Gasteiger partial charge is 0.356 e. The smallest absolute Gasteiger partial charge is 0.132 e. The lowest BCUT2D eigenvalue weighted by molar-refractivity contribution is 0.749. The molecule has 2 aliphatic rings. The Morgan fingerprint density at radius 3 is 2.94 bits per heavy atom. The lowest BCUT2D eigenvalue weighted by Crippen LogP contribution is -2.22. The van der Waals surface area contributed by atoms with Gasteiger partial charge in [0.1, 0.15) is 5.82 Å². The maximum absolute atomic E-state index is 4.60. The van der Waals surface area contributed by atoms with Crippen LogP contribution in [0.4, 0.5) is 5.82 Å². The molecular weight excluding hydrogens is 198 g/mol. The van der Waals surface area contributed by atoms with E-state index in [1.165, 1.54) is 43.7 Å². The van der Waals surface area contributed by atoms with E-state index in [-0.39, 0.29) is 0 Å². The van der Waals surface area contributed by atoms with Gasteiger partial charge in [0, 0.05) is 31.7 Å². The minimum absolute atomic E-state index is 0.671. The topological polar surface area (TPSA) is 28.2 Å². The molecule has 2 aliphatic heterocycles. The summed E-state index contributed by atoms with van der Waals surface area (Å²) < 4.78 is 0. The lowest BCUT2D eigenvalue weighted by Gasteiger charge is -2.22. The number of hydrogen-bond donors (Lipinski definition) is 1. The normalized spacial score (nSPS) is 25.2. The van der Waals surface area contributed by atoms with Crippen molar-refractivity contribution in [1.82, 2.24) is 10.3 Å². The molecule has 16 heavy (non-hydrogen) atoms. The highest BCUT2D eigenvalue weighted by molar-refractivity contribution is 5.49. The SMILES string of the molecule is c1cnc(N2CCCC2)c(C2CCNC2)c1. The Morgan fingerprint density at radius 1 is 1.31 bits per heavy atom. The van der Waals surface area contributed by atoms with Crippen molar-refractivity contribution in [1.29, 1.82) is 0 Å². The fraction of sp³-hybridized carbons (Fsp3) is 0.615. The summed E-state index contributed by atoms with van der Waals surface area (Å²) in [6.45, 7) is 4.64. The Balaban J connectivity index is 1.90. The molecule has 1 unspecified atom stereocenters. The fourth-order valence-electron chi connectivity index (χ4n) is 2.84. The molecule has 2 fully saturated rings. The van der Waals surface area contributed by atoms with Gasteiger partial charge in [0.2, 0.25) is 0 Å². The second-order valence-electron chi connectivity index (χ2n) is 4.80. The van der Waals surface area contributed by atoms with Gasteiger partial charge in [-0.1, -0.05) is 6.07 Å². The maximum Gasteiger partial charge on any atom is 0.132 e. The van der Waals surface area contributed by atoms with Crippen molar-refractivity contribution in [3.63, 3.8) is 0 Å². The molecule has 0 aliphatic carbocycles. The highest BCUT2D eigenvalue weighted by Crippen LogP contribution is 2.31. The number of aromatic nitrogens is 1. The van der Waals surface area contributed by atoms with Crippen LogP contribution >= 0.6 is 0 Å². The first-order valence-electron chi connectivity index (χ1n) is 6.36. The van der Waals surface area contributed by atoms with Crippen molar-refractivity contribution >= 4 is 5.82 Å². The molecule has 1 atom stereocenters. The molecule has 3 heterocycles. The molecule has 1 N–H and O–H groups in total. The van der Waals surface area contributed by atoms with E-state index in [1.807, 2.05) is 6.20 Å². The molecule has 0 radical (unpaired) electrons. The van der Waals surface area contributed by atoms with E-state index in [0.717, 1.165) is 13.1 Å². The van der Waals surface area contributed by atoms with Crippen molar-refractivity contribution in [3.8, 4) is 0 Å². The van der Waals surface area contributed by atoms with Gasteiger partial charge < -0.3 is 10.2 Å². The molecule has 0 amide bonds. The van der Waals surface area contributed by atoms with Crippen LogP contribution in [0.15, 0.2) is 18.3 Å². The monoisotopic (exact) mass is 217 g/mol. The number of pyridine rings is 1. The van der Waals surface area contributed by atoms with Gasteiger partial charge in [-0.15, -0.1) is 0 Å². The predicted molar refractivity (Wildman–Crippen MR) is 65.9 cm³/mol. The molecule has 0 spiro atoms. The Morgan fingerprint density at radius 2 is 2.19 bits per heavy atom. The van der Waals surface area contributed by atoms with Crippen LogP contribution in [0.25, 0.3) is 0 Å². The zero-order chi connectivity index (χ0) is 10.8. The molecule has 3 rings (SSSR count). The molecule has 3 nitrogen and oxygen atoms in total. The van der Waals surface area contributed by atoms with Crippen LogP contribution in [-0.4, -0.2) is 31.2 Å². The minimum atomic E-state index is 0.671. The first-order chi connectivity index (χ1) is 7.95. The van der Waals surface area contributed by atoms with Crippen LogP contribution < -0.4 is 10.2 Å². The van der Waals surface area contributed by atoms with Gasteiger partial charge in [-0.05, 0) is 37.4 Å². The number of nitrogens with one attached hydrogen (secondary N) is 1. The lowest BCUT2D eigenvalue weighted by atomic mass is 9.99.